The molecule has 0 bridgehead atoms. The number of amides is 1. The summed E-state index contributed by atoms with van der Waals surface area (Å²) < 4.78 is 5.11. The molecule has 1 aliphatic rings. The number of aliphatic hydroxyl groups excluding tert-OH is 1. The molecule has 1 aromatic heterocycles. The average molecular weight is 295 g/mol. The minimum Gasteiger partial charge on any atom is -0.395 e. The number of nitrogens with zero attached hydrogens (tertiary/aromatic N) is 2. The molecule has 1 fully saturated rings. The molecule has 6 nitrogen and oxygen atoms in total. The molecular formula is C15H25N3O3. The van der Waals surface area contributed by atoms with Crippen molar-refractivity contribution in [1.82, 2.24) is 10.1 Å². The standard InChI is InChI=1S/C15H25N3O3/c1-11(2)13-8-15(21-17-13)16-14(20)9-18-7-5-3-4-6-12(18)10-19/h8,11-12,19H,3-7,9-10H2,1-2H3,(H,16,20). The summed E-state index contributed by atoms with van der Waals surface area (Å²) >= 11 is 0. The monoisotopic (exact) mass is 295 g/mol. The molecule has 0 aliphatic carbocycles. The molecule has 0 radical (unpaired) electrons. The van der Waals surface area contributed by atoms with E-state index in [1.54, 1.807) is 6.07 Å². The topological polar surface area (TPSA) is 78.6 Å². The third kappa shape index (κ3) is 4.54. The third-order valence-corrected chi connectivity index (χ3v) is 3.94. The molecular weight excluding hydrogens is 270 g/mol. The fourth-order valence-corrected chi connectivity index (χ4v) is 2.63. The van der Waals surface area contributed by atoms with Gasteiger partial charge in [-0.1, -0.05) is 31.8 Å². The molecule has 118 valence electrons. The molecule has 2 rings (SSSR count). The van der Waals surface area contributed by atoms with Crippen molar-refractivity contribution in [2.45, 2.75) is 51.5 Å². The molecule has 1 aliphatic heterocycles. The lowest BCUT2D eigenvalue weighted by atomic mass is 10.1. The van der Waals surface area contributed by atoms with E-state index in [1.165, 1.54) is 0 Å². The second-order valence-electron chi connectivity index (χ2n) is 5.98. The Morgan fingerprint density at radius 2 is 2.33 bits per heavy atom. The van der Waals surface area contributed by atoms with E-state index in [0.717, 1.165) is 37.9 Å². The van der Waals surface area contributed by atoms with E-state index in [0.29, 0.717) is 5.88 Å². The molecule has 1 amide bonds. The van der Waals surface area contributed by atoms with Crippen LogP contribution in [0.15, 0.2) is 10.6 Å². The van der Waals surface area contributed by atoms with Gasteiger partial charge in [0, 0.05) is 12.1 Å². The summed E-state index contributed by atoms with van der Waals surface area (Å²) in [5, 5.41) is 16.1. The fraction of sp³-hybridized carbons (Fsp3) is 0.733. The van der Waals surface area contributed by atoms with Gasteiger partial charge in [-0.05, 0) is 25.3 Å². The first kappa shape index (κ1) is 16.0. The minimum atomic E-state index is -0.123. The molecule has 0 saturated carbocycles. The van der Waals surface area contributed by atoms with E-state index in [1.807, 2.05) is 13.8 Å². The van der Waals surface area contributed by atoms with Gasteiger partial charge in [0.1, 0.15) is 0 Å². The lowest BCUT2D eigenvalue weighted by Gasteiger charge is -2.27. The molecule has 0 aromatic carbocycles. The van der Waals surface area contributed by atoms with Crippen LogP contribution < -0.4 is 5.32 Å². The Bertz CT molecular complexity index is 459. The molecule has 1 unspecified atom stereocenters. The molecule has 1 atom stereocenters. The van der Waals surface area contributed by atoms with Crippen LogP contribution in [0.5, 0.6) is 0 Å². The van der Waals surface area contributed by atoms with Gasteiger partial charge in [-0.3, -0.25) is 15.0 Å². The number of anilines is 1. The van der Waals surface area contributed by atoms with Gasteiger partial charge in [0.15, 0.2) is 0 Å². The van der Waals surface area contributed by atoms with Crippen molar-refractivity contribution in [3.05, 3.63) is 11.8 Å². The van der Waals surface area contributed by atoms with Crippen molar-refractivity contribution >= 4 is 11.8 Å². The van der Waals surface area contributed by atoms with Gasteiger partial charge in [-0.2, -0.15) is 0 Å². The molecule has 1 saturated heterocycles. The first-order chi connectivity index (χ1) is 10.1. The van der Waals surface area contributed by atoms with Crippen LogP contribution in [0.4, 0.5) is 5.88 Å². The SMILES string of the molecule is CC(C)c1cc(NC(=O)CN2CCCCCC2CO)on1. The summed E-state index contributed by atoms with van der Waals surface area (Å²) in [7, 11) is 0. The zero-order valence-corrected chi connectivity index (χ0v) is 12.8. The van der Waals surface area contributed by atoms with Gasteiger partial charge in [-0.25, -0.2) is 0 Å². The van der Waals surface area contributed by atoms with Crippen molar-refractivity contribution in [3.8, 4) is 0 Å². The number of aliphatic hydroxyl groups is 1. The highest BCUT2D eigenvalue weighted by Crippen LogP contribution is 2.19. The van der Waals surface area contributed by atoms with Gasteiger partial charge in [0.25, 0.3) is 0 Å². The molecule has 21 heavy (non-hydrogen) atoms. The molecule has 2 heterocycles. The van der Waals surface area contributed by atoms with Crippen molar-refractivity contribution < 1.29 is 14.4 Å². The van der Waals surface area contributed by atoms with Crippen LogP contribution in [0, 0.1) is 0 Å². The average Bonchev–Trinajstić information content (AvgIpc) is 2.79. The number of hydrogen-bond donors (Lipinski definition) is 2. The smallest absolute Gasteiger partial charge is 0.240 e. The maximum atomic E-state index is 12.1. The van der Waals surface area contributed by atoms with Crippen LogP contribution in [0.25, 0.3) is 0 Å². The van der Waals surface area contributed by atoms with Crippen molar-refractivity contribution in [2.75, 3.05) is 25.0 Å². The number of hydrogen-bond acceptors (Lipinski definition) is 5. The zero-order chi connectivity index (χ0) is 15.2. The van der Waals surface area contributed by atoms with E-state index >= 15 is 0 Å². The highest BCUT2D eigenvalue weighted by atomic mass is 16.5. The Balaban J connectivity index is 1.90. The van der Waals surface area contributed by atoms with Gasteiger partial charge >= 0.3 is 0 Å². The van der Waals surface area contributed by atoms with Crippen LogP contribution in [0.2, 0.25) is 0 Å². The number of likely N-dealkylation sites (tertiary alicyclic amines) is 1. The Kier molecular flexibility index (Phi) is 5.76. The normalized spacial score (nSPS) is 20.5. The van der Waals surface area contributed by atoms with Gasteiger partial charge in [-0.15, -0.1) is 0 Å². The summed E-state index contributed by atoms with van der Waals surface area (Å²) in [6.07, 6.45) is 4.30. The second-order valence-corrected chi connectivity index (χ2v) is 5.98. The zero-order valence-electron chi connectivity index (χ0n) is 12.8. The lowest BCUT2D eigenvalue weighted by molar-refractivity contribution is -0.118. The Hall–Kier alpha value is -1.40. The number of rotatable bonds is 5. The Labute approximate surface area is 125 Å². The maximum Gasteiger partial charge on any atom is 0.240 e. The van der Waals surface area contributed by atoms with Crippen molar-refractivity contribution in [1.29, 1.82) is 0 Å². The Morgan fingerprint density at radius 3 is 3.00 bits per heavy atom. The summed E-state index contributed by atoms with van der Waals surface area (Å²) in [6, 6.07) is 1.84. The number of nitrogens with one attached hydrogen (secondary N) is 1. The predicted molar refractivity (Wildman–Crippen MR) is 80.1 cm³/mol. The number of carbonyl (C=O) groups excluding carboxylic acids is 1. The largest absolute Gasteiger partial charge is 0.395 e. The lowest BCUT2D eigenvalue weighted by Crippen LogP contribution is -2.42. The van der Waals surface area contributed by atoms with Gasteiger partial charge < -0.3 is 9.63 Å². The van der Waals surface area contributed by atoms with Crippen molar-refractivity contribution in [2.24, 2.45) is 0 Å². The summed E-state index contributed by atoms with van der Waals surface area (Å²) in [6.45, 7) is 5.28. The van der Waals surface area contributed by atoms with E-state index in [2.05, 4.69) is 15.4 Å². The first-order valence-corrected chi connectivity index (χ1v) is 7.71. The summed E-state index contributed by atoms with van der Waals surface area (Å²) in [5.74, 6) is 0.532. The molecule has 6 heteroatoms. The van der Waals surface area contributed by atoms with Crippen LogP contribution in [0.1, 0.15) is 51.1 Å². The quantitative estimate of drug-likeness (QED) is 0.868. The van der Waals surface area contributed by atoms with Crippen LogP contribution >= 0.6 is 0 Å². The second kappa shape index (κ2) is 7.56. The third-order valence-electron chi connectivity index (χ3n) is 3.94. The number of carbonyl (C=O) groups is 1. The van der Waals surface area contributed by atoms with E-state index in [-0.39, 0.29) is 31.0 Å². The van der Waals surface area contributed by atoms with Crippen LogP contribution in [0.3, 0.4) is 0 Å². The van der Waals surface area contributed by atoms with E-state index in [4.69, 9.17) is 4.52 Å². The molecule has 1 aromatic rings. The molecule has 0 spiro atoms. The number of aromatic nitrogens is 1. The van der Waals surface area contributed by atoms with E-state index in [9.17, 15) is 9.90 Å². The first-order valence-electron chi connectivity index (χ1n) is 7.71. The highest BCUT2D eigenvalue weighted by molar-refractivity contribution is 5.91. The summed E-state index contributed by atoms with van der Waals surface area (Å²) in [4.78, 5) is 14.2. The maximum absolute atomic E-state index is 12.1. The Morgan fingerprint density at radius 1 is 1.52 bits per heavy atom. The van der Waals surface area contributed by atoms with E-state index < -0.39 is 0 Å². The summed E-state index contributed by atoms with van der Waals surface area (Å²) in [5.41, 5.74) is 0.827. The molecule has 2 N–H and O–H groups in total. The van der Waals surface area contributed by atoms with Crippen LogP contribution in [-0.2, 0) is 4.79 Å². The van der Waals surface area contributed by atoms with Crippen molar-refractivity contribution in [3.63, 3.8) is 0 Å². The minimum absolute atomic E-state index is 0.0826. The highest BCUT2D eigenvalue weighted by Gasteiger charge is 2.22. The predicted octanol–water partition coefficient (Wildman–Crippen LogP) is 1.97. The van der Waals surface area contributed by atoms with Gasteiger partial charge in [0.2, 0.25) is 11.8 Å². The fourth-order valence-electron chi connectivity index (χ4n) is 2.63. The van der Waals surface area contributed by atoms with Gasteiger partial charge in [0.05, 0.1) is 18.8 Å². The van der Waals surface area contributed by atoms with Crippen LogP contribution in [-0.4, -0.2) is 46.8 Å².